The Labute approximate surface area is 106 Å². The number of hydrogen-bond acceptors (Lipinski definition) is 5. The maximum atomic E-state index is 11.5. The quantitative estimate of drug-likeness (QED) is 0.742. The molecule has 0 spiro atoms. The van der Waals surface area contributed by atoms with Gasteiger partial charge in [-0.15, -0.1) is 0 Å². The molecule has 0 fully saturated rings. The van der Waals surface area contributed by atoms with Gasteiger partial charge in [-0.3, -0.25) is 4.79 Å². The molecule has 0 aromatic heterocycles. The summed E-state index contributed by atoms with van der Waals surface area (Å²) in [6.45, 7) is 2.05. The maximum absolute atomic E-state index is 11.5. The van der Waals surface area contributed by atoms with Crippen molar-refractivity contribution in [3.05, 3.63) is 23.3 Å². The van der Waals surface area contributed by atoms with Crippen LogP contribution in [0.4, 0.5) is 0 Å². The molecule has 0 saturated carbocycles. The lowest BCUT2D eigenvalue weighted by Gasteiger charge is -2.11. The second-order valence-corrected chi connectivity index (χ2v) is 3.46. The van der Waals surface area contributed by atoms with Crippen molar-refractivity contribution >= 4 is 5.97 Å². The molecule has 0 saturated heterocycles. The highest BCUT2D eigenvalue weighted by Crippen LogP contribution is 2.29. The summed E-state index contributed by atoms with van der Waals surface area (Å²) in [7, 11) is 2.95. The van der Waals surface area contributed by atoms with Crippen LogP contribution in [-0.2, 0) is 16.0 Å². The van der Waals surface area contributed by atoms with E-state index < -0.39 is 0 Å². The topological polar surface area (TPSA) is 68.5 Å². The van der Waals surface area contributed by atoms with Crippen LogP contribution < -0.4 is 9.47 Å². The molecule has 0 aliphatic rings. The van der Waals surface area contributed by atoms with Crippen LogP contribution in [0.1, 0.15) is 18.1 Å². The van der Waals surface area contributed by atoms with Crippen molar-refractivity contribution in [3.8, 4) is 17.6 Å². The minimum atomic E-state index is -0.368. The predicted molar refractivity (Wildman–Crippen MR) is 64.6 cm³/mol. The number of carbonyl (C=O) groups is 1. The van der Waals surface area contributed by atoms with Gasteiger partial charge in [0.2, 0.25) is 0 Å². The van der Waals surface area contributed by atoms with Gasteiger partial charge < -0.3 is 14.2 Å². The fraction of sp³-hybridized carbons (Fsp3) is 0.385. The number of esters is 1. The molecule has 0 amide bonds. The Kier molecular flexibility index (Phi) is 5.00. The van der Waals surface area contributed by atoms with Gasteiger partial charge in [-0.05, 0) is 13.0 Å². The Morgan fingerprint density at radius 3 is 2.56 bits per heavy atom. The molecule has 1 aromatic carbocycles. The van der Waals surface area contributed by atoms with Gasteiger partial charge in [-0.1, -0.05) is 0 Å². The van der Waals surface area contributed by atoms with Crippen molar-refractivity contribution in [1.82, 2.24) is 0 Å². The zero-order valence-electron chi connectivity index (χ0n) is 10.6. The minimum absolute atomic E-state index is 0.0445. The summed E-state index contributed by atoms with van der Waals surface area (Å²) in [5.41, 5.74) is 0.906. The van der Waals surface area contributed by atoms with Crippen LogP contribution in [0.3, 0.4) is 0 Å². The zero-order valence-corrected chi connectivity index (χ0v) is 10.6. The summed E-state index contributed by atoms with van der Waals surface area (Å²) < 4.78 is 15.1. The highest BCUT2D eigenvalue weighted by atomic mass is 16.5. The number of carbonyl (C=O) groups excluding carboxylic acids is 1. The smallest absolute Gasteiger partial charge is 0.310 e. The fourth-order valence-corrected chi connectivity index (χ4v) is 1.60. The molecule has 0 unspecified atom stereocenters. The largest absolute Gasteiger partial charge is 0.497 e. The standard InChI is InChI=1S/C13H15NO4/c1-4-18-12(15)7-9-5-11(16-2)6-10(8-14)13(9)17-3/h5-6H,4,7H2,1-3H3. The highest BCUT2D eigenvalue weighted by Gasteiger charge is 2.15. The second-order valence-electron chi connectivity index (χ2n) is 3.46. The number of ether oxygens (including phenoxy) is 3. The summed E-state index contributed by atoms with van der Waals surface area (Å²) in [5.74, 6) is 0.519. The van der Waals surface area contributed by atoms with Gasteiger partial charge in [0, 0.05) is 11.6 Å². The molecule has 0 atom stereocenters. The number of methoxy groups -OCH3 is 2. The second kappa shape index (κ2) is 6.50. The molecule has 5 nitrogen and oxygen atoms in total. The predicted octanol–water partition coefficient (Wildman–Crippen LogP) is 1.68. The summed E-state index contributed by atoms with van der Waals surface area (Å²) in [6.07, 6.45) is 0.0445. The lowest BCUT2D eigenvalue weighted by atomic mass is 10.1. The summed E-state index contributed by atoms with van der Waals surface area (Å²) in [4.78, 5) is 11.5. The summed E-state index contributed by atoms with van der Waals surface area (Å²) >= 11 is 0. The van der Waals surface area contributed by atoms with Crippen LogP contribution in [0, 0.1) is 11.3 Å². The number of hydrogen-bond donors (Lipinski definition) is 0. The van der Waals surface area contributed by atoms with Crippen molar-refractivity contribution in [3.63, 3.8) is 0 Å². The van der Waals surface area contributed by atoms with Crippen LogP contribution in [0.15, 0.2) is 12.1 Å². The Morgan fingerprint density at radius 2 is 2.06 bits per heavy atom. The molecular formula is C13H15NO4. The van der Waals surface area contributed by atoms with Gasteiger partial charge in [-0.2, -0.15) is 5.26 Å². The van der Waals surface area contributed by atoms with E-state index in [0.29, 0.717) is 29.2 Å². The van der Waals surface area contributed by atoms with Gasteiger partial charge in [0.15, 0.2) is 0 Å². The lowest BCUT2D eigenvalue weighted by Crippen LogP contribution is -2.09. The van der Waals surface area contributed by atoms with E-state index in [-0.39, 0.29) is 12.4 Å². The van der Waals surface area contributed by atoms with Gasteiger partial charge >= 0.3 is 5.97 Å². The van der Waals surface area contributed by atoms with Gasteiger partial charge in [0.05, 0.1) is 32.8 Å². The molecule has 1 aromatic rings. The van der Waals surface area contributed by atoms with Crippen molar-refractivity contribution < 1.29 is 19.0 Å². The Bertz CT molecular complexity index is 477. The van der Waals surface area contributed by atoms with E-state index in [4.69, 9.17) is 19.5 Å². The van der Waals surface area contributed by atoms with E-state index in [0.717, 1.165) is 0 Å². The molecule has 0 aliphatic carbocycles. The third kappa shape index (κ3) is 3.14. The van der Waals surface area contributed by atoms with Gasteiger partial charge in [0.25, 0.3) is 0 Å². The summed E-state index contributed by atoms with van der Waals surface area (Å²) in [6, 6.07) is 5.24. The van der Waals surface area contributed by atoms with Crippen molar-refractivity contribution in [2.45, 2.75) is 13.3 Å². The van der Waals surface area contributed by atoms with Crippen LogP contribution in [0.5, 0.6) is 11.5 Å². The van der Waals surface area contributed by atoms with Gasteiger partial charge in [-0.25, -0.2) is 0 Å². The number of nitriles is 1. The van der Waals surface area contributed by atoms with Crippen molar-refractivity contribution in [2.24, 2.45) is 0 Å². The van der Waals surface area contributed by atoms with E-state index in [1.807, 2.05) is 6.07 Å². The van der Waals surface area contributed by atoms with Gasteiger partial charge in [0.1, 0.15) is 17.6 Å². The zero-order chi connectivity index (χ0) is 13.5. The number of benzene rings is 1. The van der Waals surface area contributed by atoms with Crippen LogP contribution >= 0.6 is 0 Å². The first-order valence-corrected chi connectivity index (χ1v) is 5.46. The molecule has 0 radical (unpaired) electrons. The molecule has 0 aliphatic heterocycles. The lowest BCUT2D eigenvalue weighted by molar-refractivity contribution is -0.142. The Balaban J connectivity index is 3.15. The Hall–Kier alpha value is -2.22. The molecule has 0 N–H and O–H groups in total. The van der Waals surface area contributed by atoms with E-state index >= 15 is 0 Å². The monoisotopic (exact) mass is 249 g/mol. The highest BCUT2D eigenvalue weighted by molar-refractivity contribution is 5.74. The van der Waals surface area contributed by atoms with E-state index in [2.05, 4.69) is 0 Å². The first-order valence-electron chi connectivity index (χ1n) is 5.46. The molecular weight excluding hydrogens is 234 g/mol. The van der Waals surface area contributed by atoms with Crippen LogP contribution in [-0.4, -0.2) is 26.8 Å². The SMILES string of the molecule is CCOC(=O)Cc1cc(OC)cc(C#N)c1OC. The van der Waals surface area contributed by atoms with Crippen molar-refractivity contribution in [1.29, 1.82) is 5.26 Å². The normalized spacial score (nSPS) is 9.44. The average molecular weight is 249 g/mol. The first-order chi connectivity index (χ1) is 8.65. The minimum Gasteiger partial charge on any atom is -0.497 e. The first kappa shape index (κ1) is 13.8. The van der Waals surface area contributed by atoms with E-state index in [9.17, 15) is 4.79 Å². The molecule has 5 heteroatoms. The fourth-order valence-electron chi connectivity index (χ4n) is 1.60. The molecule has 0 heterocycles. The van der Waals surface area contributed by atoms with Crippen LogP contribution in [0.25, 0.3) is 0 Å². The summed E-state index contributed by atoms with van der Waals surface area (Å²) in [5, 5.41) is 9.03. The van der Waals surface area contributed by atoms with Crippen LogP contribution in [0.2, 0.25) is 0 Å². The molecule has 0 bridgehead atoms. The van der Waals surface area contributed by atoms with Crippen molar-refractivity contribution in [2.75, 3.05) is 20.8 Å². The average Bonchev–Trinajstić information content (AvgIpc) is 2.37. The molecule has 96 valence electrons. The molecule has 1 rings (SSSR count). The van der Waals surface area contributed by atoms with E-state index in [1.54, 1.807) is 19.1 Å². The third-order valence-corrected chi connectivity index (χ3v) is 2.34. The number of nitrogens with zero attached hydrogens (tertiary/aromatic N) is 1. The molecule has 18 heavy (non-hydrogen) atoms. The Morgan fingerprint density at radius 1 is 1.33 bits per heavy atom. The van der Waals surface area contributed by atoms with E-state index in [1.165, 1.54) is 14.2 Å². The third-order valence-electron chi connectivity index (χ3n) is 2.34. The maximum Gasteiger partial charge on any atom is 0.310 e. The number of rotatable bonds is 5.